The van der Waals surface area contributed by atoms with E-state index in [4.69, 9.17) is 0 Å². The van der Waals surface area contributed by atoms with Crippen LogP contribution in [-0.4, -0.2) is 5.78 Å². The highest BCUT2D eigenvalue weighted by Crippen LogP contribution is 2.38. The lowest BCUT2D eigenvalue weighted by atomic mass is 9.89. The second-order valence-corrected chi connectivity index (χ2v) is 4.65. The second kappa shape index (κ2) is 1.95. The molecule has 0 atom stereocenters. The first-order valence-corrected chi connectivity index (χ1v) is 4.60. The minimum absolute atomic E-state index is 0.136. The van der Waals surface area contributed by atoms with E-state index in [-0.39, 0.29) is 5.41 Å². The molecule has 1 heterocycles. The molecule has 0 saturated heterocycles. The Morgan fingerprint density at radius 3 is 2.91 bits per heavy atom. The molecule has 0 fully saturated rings. The average molecular weight is 166 g/mol. The Bertz CT molecular complexity index is 309. The fourth-order valence-corrected chi connectivity index (χ4v) is 2.63. The van der Waals surface area contributed by atoms with Crippen LogP contribution in [0.4, 0.5) is 0 Å². The third-order valence-electron chi connectivity index (χ3n) is 2.21. The number of carbonyl (C=O) groups excluding carboxylic acids is 1. The summed E-state index contributed by atoms with van der Waals surface area (Å²) < 4.78 is 0. The van der Waals surface area contributed by atoms with E-state index < -0.39 is 0 Å². The summed E-state index contributed by atoms with van der Waals surface area (Å²) in [6.45, 7) is 4.03. The van der Waals surface area contributed by atoms with Gasteiger partial charge in [0.2, 0.25) is 0 Å². The summed E-state index contributed by atoms with van der Waals surface area (Å²) in [7, 11) is 0. The zero-order valence-corrected chi connectivity index (χ0v) is 7.49. The zero-order chi connectivity index (χ0) is 8.06. The fraction of sp³-hybridized carbons (Fsp3) is 0.444. The molecule has 0 aromatic carbocycles. The van der Waals surface area contributed by atoms with Crippen molar-refractivity contribution in [2.75, 3.05) is 0 Å². The predicted octanol–water partition coefficient (Wildman–Crippen LogP) is 2.51. The van der Waals surface area contributed by atoms with Crippen molar-refractivity contribution >= 4 is 17.1 Å². The van der Waals surface area contributed by atoms with Gasteiger partial charge in [0, 0.05) is 15.9 Å². The van der Waals surface area contributed by atoms with Crippen LogP contribution in [0.15, 0.2) is 11.4 Å². The molecule has 1 aromatic heterocycles. The van der Waals surface area contributed by atoms with Crippen molar-refractivity contribution in [1.82, 2.24) is 0 Å². The van der Waals surface area contributed by atoms with Crippen LogP contribution in [0.3, 0.4) is 0 Å². The van der Waals surface area contributed by atoms with E-state index in [0.29, 0.717) is 5.78 Å². The van der Waals surface area contributed by atoms with Crippen LogP contribution in [0.5, 0.6) is 0 Å². The normalized spacial score (nSPS) is 20.4. The maximum absolute atomic E-state index is 11.6. The van der Waals surface area contributed by atoms with Crippen LogP contribution >= 0.6 is 11.3 Å². The Morgan fingerprint density at radius 2 is 2.27 bits per heavy atom. The Balaban J connectivity index is 2.54. The number of Topliss-reactive ketones (excluding diaryl/α,β-unsaturated/α-hetero) is 1. The van der Waals surface area contributed by atoms with Crippen LogP contribution in [0, 0.1) is 5.41 Å². The minimum atomic E-state index is -0.136. The molecule has 0 saturated carbocycles. The zero-order valence-electron chi connectivity index (χ0n) is 6.68. The van der Waals surface area contributed by atoms with Crippen molar-refractivity contribution in [2.24, 2.45) is 5.41 Å². The summed E-state index contributed by atoms with van der Waals surface area (Å²) in [5, 5.41) is 2.00. The van der Waals surface area contributed by atoms with Gasteiger partial charge in [-0.25, -0.2) is 0 Å². The predicted molar refractivity (Wildman–Crippen MR) is 46.1 cm³/mol. The van der Waals surface area contributed by atoms with Crippen LogP contribution in [-0.2, 0) is 6.42 Å². The molecule has 2 heteroatoms. The van der Waals surface area contributed by atoms with Crippen LogP contribution in [0.1, 0.15) is 29.1 Å². The van der Waals surface area contributed by atoms with E-state index in [9.17, 15) is 4.79 Å². The summed E-state index contributed by atoms with van der Waals surface area (Å²) in [6.07, 6.45) is 0.929. The number of thiophene rings is 1. The Labute approximate surface area is 70.1 Å². The topological polar surface area (TPSA) is 17.1 Å². The number of carbonyl (C=O) groups is 1. The maximum Gasteiger partial charge on any atom is 0.169 e. The van der Waals surface area contributed by atoms with Gasteiger partial charge in [0.25, 0.3) is 0 Å². The molecule has 1 aromatic rings. The van der Waals surface area contributed by atoms with Crippen LogP contribution in [0.2, 0.25) is 0 Å². The number of fused-ring (bicyclic) bond motifs is 1. The lowest BCUT2D eigenvalue weighted by Gasteiger charge is -2.13. The summed E-state index contributed by atoms with van der Waals surface area (Å²) in [6, 6.07) is 1.94. The van der Waals surface area contributed by atoms with E-state index in [0.717, 1.165) is 12.0 Å². The first-order valence-electron chi connectivity index (χ1n) is 3.72. The molecule has 0 spiro atoms. The molecule has 0 amide bonds. The number of hydrogen-bond donors (Lipinski definition) is 0. The lowest BCUT2D eigenvalue weighted by Crippen LogP contribution is -2.18. The molecule has 2 rings (SSSR count). The van der Waals surface area contributed by atoms with Gasteiger partial charge in [-0.3, -0.25) is 4.79 Å². The maximum atomic E-state index is 11.6. The first kappa shape index (κ1) is 7.04. The van der Waals surface area contributed by atoms with Gasteiger partial charge < -0.3 is 0 Å². The minimum Gasteiger partial charge on any atom is -0.294 e. The van der Waals surface area contributed by atoms with Crippen molar-refractivity contribution in [3.05, 3.63) is 21.9 Å². The number of ketones is 1. The molecule has 11 heavy (non-hydrogen) atoms. The second-order valence-electron chi connectivity index (χ2n) is 3.65. The quantitative estimate of drug-likeness (QED) is 0.578. The Kier molecular flexibility index (Phi) is 1.25. The molecule has 58 valence electrons. The molecule has 1 nitrogen and oxygen atoms in total. The lowest BCUT2D eigenvalue weighted by molar-refractivity contribution is 0.0863. The van der Waals surface area contributed by atoms with Crippen LogP contribution < -0.4 is 0 Å². The highest BCUT2D eigenvalue weighted by Gasteiger charge is 2.37. The molecular weight excluding hydrogens is 156 g/mol. The van der Waals surface area contributed by atoms with Crippen molar-refractivity contribution in [3.8, 4) is 0 Å². The Morgan fingerprint density at radius 1 is 1.55 bits per heavy atom. The van der Waals surface area contributed by atoms with Gasteiger partial charge in [0.1, 0.15) is 0 Å². The molecule has 1 aliphatic carbocycles. The highest BCUT2D eigenvalue weighted by molar-refractivity contribution is 7.10. The van der Waals surface area contributed by atoms with Gasteiger partial charge in [-0.15, -0.1) is 11.3 Å². The van der Waals surface area contributed by atoms with Gasteiger partial charge in [-0.05, 0) is 17.9 Å². The van der Waals surface area contributed by atoms with E-state index in [1.807, 2.05) is 25.3 Å². The highest BCUT2D eigenvalue weighted by atomic mass is 32.1. The van der Waals surface area contributed by atoms with E-state index in [1.165, 1.54) is 4.88 Å². The summed E-state index contributed by atoms with van der Waals surface area (Å²) >= 11 is 1.70. The number of hydrogen-bond acceptors (Lipinski definition) is 2. The molecule has 0 unspecified atom stereocenters. The van der Waals surface area contributed by atoms with Gasteiger partial charge in [0.05, 0.1) is 0 Å². The van der Waals surface area contributed by atoms with E-state index in [2.05, 4.69) is 0 Å². The van der Waals surface area contributed by atoms with Crippen molar-refractivity contribution in [1.29, 1.82) is 0 Å². The summed E-state index contributed by atoms with van der Waals surface area (Å²) in [5.41, 5.74) is 0.822. The molecule has 0 N–H and O–H groups in total. The molecule has 0 radical (unpaired) electrons. The molecular formula is C9H10OS. The molecule has 0 aliphatic heterocycles. The largest absolute Gasteiger partial charge is 0.294 e. The van der Waals surface area contributed by atoms with Crippen molar-refractivity contribution in [3.63, 3.8) is 0 Å². The average Bonchev–Trinajstić information content (AvgIpc) is 2.39. The monoisotopic (exact) mass is 166 g/mol. The van der Waals surface area contributed by atoms with Crippen LogP contribution in [0.25, 0.3) is 0 Å². The third-order valence-corrected chi connectivity index (χ3v) is 3.13. The van der Waals surface area contributed by atoms with Crippen molar-refractivity contribution < 1.29 is 4.79 Å². The summed E-state index contributed by atoms with van der Waals surface area (Å²) in [5.74, 6) is 0.314. The third kappa shape index (κ3) is 0.857. The smallest absolute Gasteiger partial charge is 0.169 e. The van der Waals surface area contributed by atoms with E-state index in [1.54, 1.807) is 11.3 Å². The number of rotatable bonds is 0. The Hall–Kier alpha value is -0.630. The first-order chi connectivity index (χ1) is 5.11. The molecule has 0 bridgehead atoms. The van der Waals surface area contributed by atoms with E-state index >= 15 is 0 Å². The van der Waals surface area contributed by atoms with Gasteiger partial charge in [-0.2, -0.15) is 0 Å². The summed E-state index contributed by atoms with van der Waals surface area (Å²) in [4.78, 5) is 12.8. The van der Waals surface area contributed by atoms with Crippen molar-refractivity contribution in [2.45, 2.75) is 20.3 Å². The molecule has 1 aliphatic rings. The van der Waals surface area contributed by atoms with Gasteiger partial charge in [0.15, 0.2) is 5.78 Å². The van der Waals surface area contributed by atoms with Gasteiger partial charge >= 0.3 is 0 Å². The van der Waals surface area contributed by atoms with Gasteiger partial charge in [-0.1, -0.05) is 13.8 Å². The standard InChI is InChI=1S/C9H10OS/c1-9(2)5-7-6(8(9)10)3-4-11-7/h3-4H,5H2,1-2H3. The fourth-order valence-electron chi connectivity index (χ4n) is 1.53. The SMILES string of the molecule is CC1(C)Cc2sccc2C1=O.